The van der Waals surface area contributed by atoms with Crippen molar-refractivity contribution in [1.82, 2.24) is 25.5 Å². The largest absolute Gasteiger partial charge is 0.493 e. The van der Waals surface area contributed by atoms with E-state index in [1.807, 2.05) is 26.1 Å². The Bertz CT molecular complexity index is 657. The highest BCUT2D eigenvalue weighted by Crippen LogP contribution is 2.36. The molecule has 25 heavy (non-hydrogen) atoms. The van der Waals surface area contributed by atoms with E-state index in [1.54, 1.807) is 23.6 Å². The predicted molar refractivity (Wildman–Crippen MR) is 102 cm³/mol. The molecule has 2 aromatic rings. The van der Waals surface area contributed by atoms with Gasteiger partial charge in [0.05, 0.1) is 18.7 Å². The first-order valence-corrected chi connectivity index (χ1v) is 9.07. The van der Waals surface area contributed by atoms with Gasteiger partial charge in [-0.25, -0.2) is 4.68 Å². The van der Waals surface area contributed by atoms with Crippen molar-refractivity contribution >= 4 is 35.8 Å². The summed E-state index contributed by atoms with van der Waals surface area (Å²) >= 11 is 7.91. The van der Waals surface area contributed by atoms with Gasteiger partial charge >= 0.3 is 0 Å². The molecule has 1 N–H and O–H groups in total. The summed E-state index contributed by atoms with van der Waals surface area (Å²) in [6.45, 7) is 4.08. The normalized spacial score (nSPS) is 10.4. The third-order valence-corrected chi connectivity index (χ3v) is 4.59. The van der Waals surface area contributed by atoms with Crippen LogP contribution in [0.25, 0.3) is 0 Å². The van der Waals surface area contributed by atoms with E-state index < -0.39 is 0 Å². The molecule has 2 rings (SSSR count). The predicted octanol–water partition coefficient (Wildman–Crippen LogP) is 2.96. The molecule has 0 atom stereocenters. The summed E-state index contributed by atoms with van der Waals surface area (Å²) < 4.78 is 12.5. The Hall–Kier alpha value is -1.22. The van der Waals surface area contributed by atoms with Crippen LogP contribution < -0.4 is 14.8 Å². The lowest BCUT2D eigenvalue weighted by atomic mass is 10.2. The van der Waals surface area contributed by atoms with Crippen LogP contribution in [0.1, 0.15) is 18.9 Å². The molecule has 0 amide bonds. The molecule has 0 aliphatic rings. The Morgan fingerprint density at radius 1 is 1.36 bits per heavy atom. The van der Waals surface area contributed by atoms with E-state index in [0.29, 0.717) is 23.1 Å². The number of hydrogen-bond donors (Lipinski definition) is 1. The molecule has 10 heteroatoms. The number of nitrogens with one attached hydrogen (secondary N) is 1. The van der Waals surface area contributed by atoms with Crippen molar-refractivity contribution in [2.24, 2.45) is 7.05 Å². The van der Waals surface area contributed by atoms with Gasteiger partial charge in [0.25, 0.3) is 0 Å². The smallest absolute Gasteiger partial charge is 0.209 e. The number of rotatable bonds is 10. The number of ether oxygens (including phenoxy) is 2. The fourth-order valence-electron chi connectivity index (χ4n) is 2.10. The lowest BCUT2D eigenvalue weighted by Crippen LogP contribution is -2.15. The number of aromatic nitrogens is 4. The molecule has 0 aliphatic carbocycles. The maximum atomic E-state index is 6.27. The Kier molecular flexibility index (Phi) is 9.96. The molecule has 1 heterocycles. The fourth-order valence-corrected chi connectivity index (χ4v) is 3.17. The molecule has 0 spiro atoms. The zero-order chi connectivity index (χ0) is 17.4. The minimum atomic E-state index is 0. The van der Waals surface area contributed by atoms with E-state index >= 15 is 0 Å². The highest BCUT2D eigenvalue weighted by Gasteiger charge is 2.11. The van der Waals surface area contributed by atoms with Crippen LogP contribution >= 0.6 is 35.8 Å². The topological polar surface area (TPSA) is 74.1 Å². The van der Waals surface area contributed by atoms with E-state index in [2.05, 4.69) is 20.8 Å². The number of methoxy groups -OCH3 is 1. The van der Waals surface area contributed by atoms with Gasteiger partial charge in [-0.15, -0.1) is 17.5 Å². The molecule has 1 aromatic carbocycles. The van der Waals surface area contributed by atoms with Crippen LogP contribution in [-0.4, -0.2) is 46.2 Å². The molecule has 0 aliphatic heterocycles. The van der Waals surface area contributed by atoms with Gasteiger partial charge in [-0.3, -0.25) is 0 Å². The molecule has 140 valence electrons. The van der Waals surface area contributed by atoms with Crippen molar-refractivity contribution in [2.75, 3.05) is 26.0 Å². The van der Waals surface area contributed by atoms with Crippen molar-refractivity contribution in [2.45, 2.75) is 25.0 Å². The Balaban J connectivity index is 0.00000312. The first-order valence-electron chi connectivity index (χ1n) is 7.70. The summed E-state index contributed by atoms with van der Waals surface area (Å²) in [7, 11) is 3.45. The lowest BCUT2D eigenvalue weighted by Gasteiger charge is -2.13. The van der Waals surface area contributed by atoms with Gasteiger partial charge in [-0.2, -0.15) is 0 Å². The van der Waals surface area contributed by atoms with Crippen molar-refractivity contribution < 1.29 is 9.47 Å². The summed E-state index contributed by atoms with van der Waals surface area (Å²) in [5.74, 6) is 2.21. The summed E-state index contributed by atoms with van der Waals surface area (Å²) in [6.07, 6.45) is 1.01. The molecule has 1 aromatic heterocycles. The average molecular weight is 408 g/mol. The van der Waals surface area contributed by atoms with Crippen LogP contribution in [0, 0.1) is 0 Å². The molecule has 7 nitrogen and oxygen atoms in total. The maximum absolute atomic E-state index is 6.27. The van der Waals surface area contributed by atoms with Gasteiger partial charge in [0.1, 0.15) is 0 Å². The minimum absolute atomic E-state index is 0. The van der Waals surface area contributed by atoms with E-state index in [1.165, 1.54) is 0 Å². The average Bonchev–Trinajstić information content (AvgIpc) is 2.98. The van der Waals surface area contributed by atoms with Crippen LogP contribution in [0.4, 0.5) is 0 Å². The first-order chi connectivity index (χ1) is 11.7. The zero-order valence-electron chi connectivity index (χ0n) is 14.5. The highest BCUT2D eigenvalue weighted by atomic mass is 35.5. The van der Waals surface area contributed by atoms with E-state index in [-0.39, 0.29) is 12.4 Å². The third-order valence-electron chi connectivity index (χ3n) is 3.22. The van der Waals surface area contributed by atoms with Gasteiger partial charge in [-0.1, -0.05) is 23.4 Å². The van der Waals surface area contributed by atoms with Gasteiger partial charge in [-0.05, 0) is 48.0 Å². The minimum Gasteiger partial charge on any atom is -0.493 e. The maximum Gasteiger partial charge on any atom is 0.209 e. The van der Waals surface area contributed by atoms with E-state index in [0.717, 1.165) is 36.0 Å². The number of halogens is 2. The number of aryl methyl sites for hydroxylation is 1. The number of nitrogens with zero attached hydrogens (tertiary/aromatic N) is 4. The summed E-state index contributed by atoms with van der Waals surface area (Å²) in [5.41, 5.74) is 1.06. The van der Waals surface area contributed by atoms with Crippen LogP contribution in [0.3, 0.4) is 0 Å². The third kappa shape index (κ3) is 6.54. The van der Waals surface area contributed by atoms with Crippen molar-refractivity contribution in [1.29, 1.82) is 0 Å². The molecule has 0 unspecified atom stereocenters. The monoisotopic (exact) mass is 407 g/mol. The number of thioether (sulfide) groups is 1. The molecule has 0 bridgehead atoms. The van der Waals surface area contributed by atoms with Gasteiger partial charge in [0.15, 0.2) is 11.5 Å². The highest BCUT2D eigenvalue weighted by molar-refractivity contribution is 7.99. The van der Waals surface area contributed by atoms with Crippen LogP contribution in [0.15, 0.2) is 17.3 Å². The molecule has 0 saturated heterocycles. The quantitative estimate of drug-likeness (QED) is 0.479. The molecule has 0 radical (unpaired) electrons. The van der Waals surface area contributed by atoms with Crippen LogP contribution in [-0.2, 0) is 13.6 Å². The Morgan fingerprint density at radius 3 is 2.80 bits per heavy atom. The second kappa shape index (κ2) is 11.4. The zero-order valence-corrected chi connectivity index (χ0v) is 16.9. The molecule has 0 fully saturated rings. The van der Waals surface area contributed by atoms with Gasteiger partial charge < -0.3 is 14.8 Å². The van der Waals surface area contributed by atoms with Gasteiger partial charge in [0.2, 0.25) is 5.16 Å². The second-order valence-electron chi connectivity index (χ2n) is 5.01. The standard InChI is InChI=1S/C15H22ClN5O2S.ClH/c1-4-23-14-12(16)8-11(9-13(14)22-3)10-17-6-5-7-24-15-18-19-20-21(15)2;/h8-9,17H,4-7,10H2,1-3H3;1H. The first kappa shape index (κ1) is 21.8. The van der Waals surface area contributed by atoms with Gasteiger partial charge in [0, 0.05) is 19.3 Å². The number of tetrazole rings is 1. The van der Waals surface area contributed by atoms with Crippen molar-refractivity contribution in [3.63, 3.8) is 0 Å². The SMILES string of the molecule is CCOc1c(Cl)cc(CNCCCSc2nnnn2C)cc1OC.Cl. The van der Waals surface area contributed by atoms with E-state index in [4.69, 9.17) is 21.1 Å². The summed E-state index contributed by atoms with van der Waals surface area (Å²) in [4.78, 5) is 0. The Labute approximate surface area is 163 Å². The molecular weight excluding hydrogens is 385 g/mol. The second-order valence-corrected chi connectivity index (χ2v) is 6.48. The van der Waals surface area contributed by atoms with Crippen LogP contribution in [0.5, 0.6) is 11.5 Å². The van der Waals surface area contributed by atoms with Crippen molar-refractivity contribution in [3.8, 4) is 11.5 Å². The fraction of sp³-hybridized carbons (Fsp3) is 0.533. The summed E-state index contributed by atoms with van der Waals surface area (Å²) in [6, 6.07) is 3.85. The number of benzene rings is 1. The van der Waals surface area contributed by atoms with E-state index in [9.17, 15) is 0 Å². The summed E-state index contributed by atoms with van der Waals surface area (Å²) in [5, 5.41) is 16.2. The lowest BCUT2D eigenvalue weighted by molar-refractivity contribution is 0.311. The molecule has 0 saturated carbocycles. The Morgan fingerprint density at radius 2 is 2.16 bits per heavy atom. The molecular formula is C15H23Cl2N5O2S. The van der Waals surface area contributed by atoms with Crippen molar-refractivity contribution in [3.05, 3.63) is 22.7 Å². The van der Waals surface area contributed by atoms with Crippen LogP contribution in [0.2, 0.25) is 5.02 Å². The number of hydrogen-bond acceptors (Lipinski definition) is 7.